The third-order valence-corrected chi connectivity index (χ3v) is 4.07. The molecule has 1 aromatic carbocycles. The lowest BCUT2D eigenvalue weighted by molar-refractivity contribution is -0.151. The summed E-state index contributed by atoms with van der Waals surface area (Å²) in [5.74, 6) is -0.0216. The summed E-state index contributed by atoms with van der Waals surface area (Å²) in [7, 11) is 0. The normalized spacial score (nSPS) is 17.8. The number of hydrogen-bond acceptors (Lipinski definition) is 5. The molecule has 0 spiro atoms. The van der Waals surface area contributed by atoms with Gasteiger partial charge in [0.25, 0.3) is 0 Å². The monoisotopic (exact) mass is 321 g/mol. The van der Waals surface area contributed by atoms with Gasteiger partial charge >= 0.3 is 12.1 Å². The molecule has 1 aliphatic heterocycles. The lowest BCUT2D eigenvalue weighted by atomic mass is 9.75. The Hall–Kier alpha value is -2.08. The summed E-state index contributed by atoms with van der Waals surface area (Å²) >= 11 is 0. The van der Waals surface area contributed by atoms with E-state index in [1.807, 2.05) is 13.0 Å². The number of carbonyl (C=O) groups excluding carboxylic acids is 2. The predicted molar refractivity (Wildman–Crippen MR) is 84.2 cm³/mol. The third kappa shape index (κ3) is 4.69. The maximum Gasteiger partial charge on any atom is 0.413 e. The number of benzene rings is 1. The van der Waals surface area contributed by atoms with E-state index >= 15 is 0 Å². The van der Waals surface area contributed by atoms with Gasteiger partial charge in [-0.25, -0.2) is 9.59 Å². The van der Waals surface area contributed by atoms with Gasteiger partial charge in [-0.05, 0) is 31.9 Å². The highest BCUT2D eigenvalue weighted by atomic mass is 16.6. The second kappa shape index (κ2) is 7.97. The van der Waals surface area contributed by atoms with Crippen molar-refractivity contribution in [1.29, 1.82) is 0 Å². The van der Waals surface area contributed by atoms with Crippen molar-refractivity contribution in [2.24, 2.45) is 5.41 Å². The summed E-state index contributed by atoms with van der Waals surface area (Å²) in [6, 6.07) is 7.96. The summed E-state index contributed by atoms with van der Waals surface area (Å²) in [6.45, 7) is 5.07. The minimum absolute atomic E-state index is 0.261. The molecular weight excluding hydrogens is 298 g/mol. The van der Waals surface area contributed by atoms with Gasteiger partial charge in [-0.2, -0.15) is 0 Å². The zero-order chi connectivity index (χ0) is 16.7. The van der Waals surface area contributed by atoms with E-state index in [9.17, 15) is 9.59 Å². The van der Waals surface area contributed by atoms with Crippen molar-refractivity contribution in [3.05, 3.63) is 30.3 Å². The third-order valence-electron chi connectivity index (χ3n) is 4.07. The lowest BCUT2D eigenvalue weighted by Gasteiger charge is -2.38. The fraction of sp³-hybridized carbons (Fsp3) is 0.529. The summed E-state index contributed by atoms with van der Waals surface area (Å²) < 4.78 is 15.7. The molecule has 1 N–H and O–H groups in total. The van der Waals surface area contributed by atoms with Crippen molar-refractivity contribution in [2.75, 3.05) is 19.8 Å². The van der Waals surface area contributed by atoms with Gasteiger partial charge in [-0.1, -0.05) is 25.1 Å². The molecule has 6 nitrogen and oxygen atoms in total. The Kier molecular flexibility index (Phi) is 5.98. The van der Waals surface area contributed by atoms with Crippen LogP contribution < -0.4 is 10.1 Å². The van der Waals surface area contributed by atoms with Crippen LogP contribution in [0.15, 0.2) is 30.3 Å². The molecule has 1 amide bonds. The molecule has 1 aromatic rings. The van der Waals surface area contributed by atoms with Gasteiger partial charge in [0, 0.05) is 18.6 Å². The minimum atomic E-state index is -0.762. The van der Waals surface area contributed by atoms with E-state index in [-0.39, 0.29) is 6.61 Å². The Morgan fingerprint density at radius 1 is 1.26 bits per heavy atom. The fourth-order valence-electron chi connectivity index (χ4n) is 2.61. The van der Waals surface area contributed by atoms with Crippen LogP contribution >= 0.6 is 0 Å². The average Bonchev–Trinajstić information content (AvgIpc) is 2.54. The van der Waals surface area contributed by atoms with E-state index in [1.54, 1.807) is 31.2 Å². The van der Waals surface area contributed by atoms with Crippen LogP contribution in [0.4, 0.5) is 4.79 Å². The van der Waals surface area contributed by atoms with Gasteiger partial charge in [0.15, 0.2) is 0 Å². The van der Waals surface area contributed by atoms with Gasteiger partial charge in [-0.15, -0.1) is 0 Å². The number of ether oxygens (including phenoxy) is 3. The smallest absolute Gasteiger partial charge is 0.413 e. The summed E-state index contributed by atoms with van der Waals surface area (Å²) in [6.07, 6.45) is 0.673. The Morgan fingerprint density at radius 3 is 2.52 bits per heavy atom. The second-order valence-corrected chi connectivity index (χ2v) is 5.80. The molecule has 1 fully saturated rings. The van der Waals surface area contributed by atoms with Gasteiger partial charge in [0.05, 0.1) is 6.61 Å². The Balaban J connectivity index is 2.07. The topological polar surface area (TPSA) is 73.9 Å². The van der Waals surface area contributed by atoms with Crippen LogP contribution in [0, 0.1) is 5.41 Å². The summed E-state index contributed by atoms with van der Waals surface area (Å²) in [5.41, 5.74) is -0.416. The average molecular weight is 321 g/mol. The highest BCUT2D eigenvalue weighted by molar-refractivity contribution is 5.83. The largest absolute Gasteiger partial charge is 0.464 e. The lowest BCUT2D eigenvalue weighted by Crippen LogP contribution is -2.54. The SMILES string of the molecule is CCOC(=O)C(NC(=O)Oc1ccccc1)C1(C)CCOCC1. The minimum Gasteiger partial charge on any atom is -0.464 e. The van der Waals surface area contributed by atoms with E-state index in [0.29, 0.717) is 31.8 Å². The first-order chi connectivity index (χ1) is 11.0. The molecule has 0 aliphatic carbocycles. The quantitative estimate of drug-likeness (QED) is 0.844. The first kappa shape index (κ1) is 17.3. The van der Waals surface area contributed by atoms with Gasteiger partial charge < -0.3 is 19.5 Å². The summed E-state index contributed by atoms with van der Waals surface area (Å²) in [4.78, 5) is 24.4. The van der Waals surface area contributed by atoms with Crippen molar-refractivity contribution in [2.45, 2.75) is 32.7 Å². The zero-order valence-electron chi connectivity index (χ0n) is 13.5. The number of rotatable bonds is 5. The molecule has 0 bridgehead atoms. The predicted octanol–water partition coefficient (Wildman–Crippen LogP) is 2.52. The van der Waals surface area contributed by atoms with Gasteiger partial charge in [0.1, 0.15) is 11.8 Å². The van der Waals surface area contributed by atoms with Crippen LogP contribution in [0.1, 0.15) is 26.7 Å². The van der Waals surface area contributed by atoms with Crippen molar-refractivity contribution in [1.82, 2.24) is 5.32 Å². The van der Waals surface area contributed by atoms with Crippen molar-refractivity contribution < 1.29 is 23.8 Å². The number of amides is 1. The fourth-order valence-corrected chi connectivity index (χ4v) is 2.61. The number of para-hydroxylation sites is 1. The molecule has 0 aromatic heterocycles. The first-order valence-corrected chi connectivity index (χ1v) is 7.83. The van der Waals surface area contributed by atoms with E-state index in [4.69, 9.17) is 14.2 Å². The van der Waals surface area contributed by atoms with Crippen LogP contribution in [-0.2, 0) is 14.3 Å². The van der Waals surface area contributed by atoms with E-state index in [0.717, 1.165) is 0 Å². The van der Waals surface area contributed by atoms with Crippen molar-refractivity contribution >= 4 is 12.1 Å². The van der Waals surface area contributed by atoms with E-state index in [1.165, 1.54) is 0 Å². The molecule has 1 heterocycles. The molecule has 1 atom stereocenters. The number of hydrogen-bond donors (Lipinski definition) is 1. The number of esters is 1. The number of carbonyl (C=O) groups is 2. The molecule has 6 heteroatoms. The maximum atomic E-state index is 12.3. The molecular formula is C17H23NO5. The van der Waals surface area contributed by atoms with Crippen molar-refractivity contribution in [3.63, 3.8) is 0 Å². The number of nitrogens with one attached hydrogen (secondary N) is 1. The Bertz CT molecular complexity index is 525. The molecule has 1 saturated heterocycles. The van der Waals surface area contributed by atoms with Gasteiger partial charge in [-0.3, -0.25) is 0 Å². The molecule has 0 saturated carbocycles. The van der Waals surface area contributed by atoms with Crippen LogP contribution in [0.5, 0.6) is 5.75 Å². The van der Waals surface area contributed by atoms with E-state index in [2.05, 4.69) is 5.32 Å². The first-order valence-electron chi connectivity index (χ1n) is 7.83. The second-order valence-electron chi connectivity index (χ2n) is 5.80. The molecule has 1 unspecified atom stereocenters. The molecule has 1 aliphatic rings. The highest BCUT2D eigenvalue weighted by Gasteiger charge is 2.42. The van der Waals surface area contributed by atoms with E-state index < -0.39 is 23.5 Å². The molecule has 2 rings (SSSR count). The van der Waals surface area contributed by atoms with Gasteiger partial charge in [0.2, 0.25) is 0 Å². The van der Waals surface area contributed by atoms with Crippen LogP contribution in [0.2, 0.25) is 0 Å². The molecule has 126 valence electrons. The molecule has 23 heavy (non-hydrogen) atoms. The zero-order valence-corrected chi connectivity index (χ0v) is 13.5. The van der Waals surface area contributed by atoms with Crippen molar-refractivity contribution in [3.8, 4) is 5.75 Å². The standard InChI is InChI=1S/C17H23NO5/c1-3-22-15(19)14(17(2)9-11-21-12-10-17)18-16(20)23-13-7-5-4-6-8-13/h4-8,14H,3,9-12H2,1-2H3,(H,18,20). The highest BCUT2D eigenvalue weighted by Crippen LogP contribution is 2.34. The van der Waals surface area contributed by atoms with Crippen LogP contribution in [0.3, 0.4) is 0 Å². The molecule has 0 radical (unpaired) electrons. The summed E-state index contributed by atoms with van der Waals surface area (Å²) in [5, 5.41) is 2.67. The maximum absolute atomic E-state index is 12.3. The Morgan fingerprint density at radius 2 is 1.91 bits per heavy atom. The Labute approximate surface area is 136 Å². The van der Waals surface area contributed by atoms with Crippen LogP contribution in [-0.4, -0.2) is 37.9 Å². The van der Waals surface area contributed by atoms with Crippen LogP contribution in [0.25, 0.3) is 0 Å².